The summed E-state index contributed by atoms with van der Waals surface area (Å²) in [6, 6.07) is 32.5. The molecule has 0 aliphatic heterocycles. The molecule has 0 bridgehead atoms. The molecule has 0 fully saturated rings. The van der Waals surface area contributed by atoms with Crippen LogP contribution in [0.2, 0.25) is 0 Å². The van der Waals surface area contributed by atoms with Crippen molar-refractivity contribution in [2.45, 2.75) is 38.8 Å². The topological polar surface area (TPSA) is 3.24 Å². The van der Waals surface area contributed by atoms with Crippen LogP contribution in [-0.4, -0.2) is 11.4 Å². The molecule has 0 aliphatic carbocycles. The predicted molar refractivity (Wildman–Crippen MR) is 111 cm³/mol. The zero-order chi connectivity index (χ0) is 17.9. The van der Waals surface area contributed by atoms with Crippen LogP contribution in [0.5, 0.6) is 0 Å². The molecule has 0 saturated carbocycles. The lowest BCUT2D eigenvalue weighted by Crippen LogP contribution is -2.24. The summed E-state index contributed by atoms with van der Waals surface area (Å²) in [6.45, 7) is 3.20. The van der Waals surface area contributed by atoms with Crippen molar-refractivity contribution in [3.8, 4) is 0 Å². The Kier molecular flexibility index (Phi) is 7.49. The minimum Gasteiger partial charge on any atom is -0.295 e. The van der Waals surface area contributed by atoms with Crippen molar-refractivity contribution in [1.29, 1.82) is 0 Å². The van der Waals surface area contributed by atoms with Crippen molar-refractivity contribution in [3.63, 3.8) is 0 Å². The van der Waals surface area contributed by atoms with Gasteiger partial charge in [0.25, 0.3) is 0 Å². The smallest absolute Gasteiger partial charge is 0.0237 e. The largest absolute Gasteiger partial charge is 0.295 e. The van der Waals surface area contributed by atoms with Crippen LogP contribution in [0.25, 0.3) is 0 Å². The van der Waals surface area contributed by atoms with E-state index in [-0.39, 0.29) is 0 Å². The van der Waals surface area contributed by atoms with E-state index < -0.39 is 0 Å². The molecular formula is C25H29N. The van der Waals surface area contributed by atoms with Gasteiger partial charge in [0.05, 0.1) is 0 Å². The normalized spacial score (nSPS) is 11.0. The molecule has 3 aromatic rings. The van der Waals surface area contributed by atoms with Gasteiger partial charge in [0, 0.05) is 13.1 Å². The second-order valence-corrected chi connectivity index (χ2v) is 6.98. The molecule has 0 heterocycles. The molecule has 26 heavy (non-hydrogen) atoms. The first-order chi connectivity index (χ1) is 12.9. The van der Waals surface area contributed by atoms with Gasteiger partial charge in [-0.15, -0.1) is 0 Å². The van der Waals surface area contributed by atoms with Gasteiger partial charge < -0.3 is 0 Å². The van der Waals surface area contributed by atoms with E-state index in [4.69, 9.17) is 0 Å². The highest BCUT2D eigenvalue weighted by atomic mass is 15.1. The number of hydrogen-bond acceptors (Lipinski definition) is 1. The van der Waals surface area contributed by atoms with Crippen molar-refractivity contribution in [1.82, 2.24) is 4.90 Å². The molecule has 0 aliphatic rings. The quantitative estimate of drug-likeness (QED) is 0.402. The first kappa shape index (κ1) is 18.4. The Morgan fingerprint density at radius 2 is 0.923 bits per heavy atom. The SMILES string of the molecule is c1ccc(CCCCCN(Cc2ccccc2)Cc2ccccc2)cc1. The van der Waals surface area contributed by atoms with Gasteiger partial charge in [0.1, 0.15) is 0 Å². The number of rotatable bonds is 10. The van der Waals surface area contributed by atoms with Crippen LogP contribution in [-0.2, 0) is 19.5 Å². The van der Waals surface area contributed by atoms with Crippen molar-refractivity contribution in [2.75, 3.05) is 6.54 Å². The summed E-state index contributed by atoms with van der Waals surface area (Å²) in [5.74, 6) is 0. The predicted octanol–water partition coefficient (Wildman–Crippen LogP) is 6.10. The Morgan fingerprint density at radius 1 is 0.462 bits per heavy atom. The summed E-state index contributed by atoms with van der Waals surface area (Å²) in [7, 11) is 0. The molecule has 3 aromatic carbocycles. The maximum Gasteiger partial charge on any atom is 0.0237 e. The standard InChI is InChI=1S/C25H29N/c1-5-13-23(14-6-1)15-11-4-12-20-26(21-24-16-7-2-8-17-24)22-25-18-9-3-10-19-25/h1-3,5-10,13-14,16-19H,4,11-12,15,20-22H2. The number of unbranched alkanes of at least 4 members (excludes halogenated alkanes) is 2. The second kappa shape index (κ2) is 10.6. The molecule has 0 saturated heterocycles. The van der Waals surface area contributed by atoms with Gasteiger partial charge in [0.15, 0.2) is 0 Å². The minimum atomic E-state index is 1.02. The van der Waals surface area contributed by atoms with E-state index in [0.717, 1.165) is 19.6 Å². The van der Waals surface area contributed by atoms with Gasteiger partial charge in [-0.3, -0.25) is 4.90 Å². The lowest BCUT2D eigenvalue weighted by Gasteiger charge is -2.22. The highest BCUT2D eigenvalue weighted by Crippen LogP contribution is 2.12. The fourth-order valence-electron chi connectivity index (χ4n) is 3.38. The zero-order valence-corrected chi connectivity index (χ0v) is 15.6. The molecule has 0 aromatic heterocycles. The lowest BCUT2D eigenvalue weighted by atomic mass is 10.1. The van der Waals surface area contributed by atoms with E-state index in [1.54, 1.807) is 0 Å². The second-order valence-electron chi connectivity index (χ2n) is 6.98. The van der Waals surface area contributed by atoms with Crippen molar-refractivity contribution in [2.24, 2.45) is 0 Å². The Bertz CT molecular complexity index is 680. The highest BCUT2D eigenvalue weighted by Gasteiger charge is 2.07. The summed E-state index contributed by atoms with van der Waals surface area (Å²) < 4.78 is 0. The zero-order valence-electron chi connectivity index (χ0n) is 15.6. The molecule has 0 atom stereocenters. The van der Waals surface area contributed by atoms with Crippen molar-refractivity contribution >= 4 is 0 Å². The molecule has 1 nitrogen and oxygen atoms in total. The summed E-state index contributed by atoms with van der Waals surface area (Å²) in [4.78, 5) is 2.58. The maximum absolute atomic E-state index is 2.58. The molecule has 3 rings (SSSR count). The fourth-order valence-corrected chi connectivity index (χ4v) is 3.38. The van der Waals surface area contributed by atoms with Crippen molar-refractivity contribution in [3.05, 3.63) is 108 Å². The van der Waals surface area contributed by atoms with Crippen LogP contribution in [0.4, 0.5) is 0 Å². The molecule has 0 unspecified atom stereocenters. The van der Waals surface area contributed by atoms with Gasteiger partial charge in [-0.1, -0.05) is 97.4 Å². The fraction of sp³-hybridized carbons (Fsp3) is 0.280. The third-order valence-electron chi connectivity index (χ3n) is 4.78. The Hall–Kier alpha value is -2.38. The Labute approximate surface area is 158 Å². The lowest BCUT2D eigenvalue weighted by molar-refractivity contribution is 0.250. The Balaban J connectivity index is 1.48. The van der Waals surface area contributed by atoms with E-state index in [2.05, 4.69) is 95.9 Å². The molecule has 0 radical (unpaired) electrons. The number of aryl methyl sites for hydroxylation is 1. The Morgan fingerprint density at radius 3 is 1.42 bits per heavy atom. The first-order valence-electron chi connectivity index (χ1n) is 9.74. The molecule has 1 heteroatoms. The molecule has 0 amide bonds. The summed E-state index contributed by atoms with van der Waals surface area (Å²) in [6.07, 6.45) is 5.01. The van der Waals surface area contributed by atoms with Crippen LogP contribution in [0.15, 0.2) is 91.0 Å². The number of hydrogen-bond donors (Lipinski definition) is 0. The van der Waals surface area contributed by atoms with Crippen LogP contribution in [0, 0.1) is 0 Å². The van der Waals surface area contributed by atoms with E-state index in [1.807, 2.05) is 0 Å². The summed E-state index contributed by atoms with van der Waals surface area (Å²) >= 11 is 0. The number of nitrogens with zero attached hydrogens (tertiary/aromatic N) is 1. The molecule has 0 spiro atoms. The van der Waals surface area contributed by atoms with Crippen LogP contribution >= 0.6 is 0 Å². The minimum absolute atomic E-state index is 1.02. The van der Waals surface area contributed by atoms with Crippen molar-refractivity contribution < 1.29 is 0 Å². The average Bonchev–Trinajstić information content (AvgIpc) is 2.70. The van der Waals surface area contributed by atoms with Gasteiger partial charge in [0.2, 0.25) is 0 Å². The number of benzene rings is 3. The van der Waals surface area contributed by atoms with E-state index >= 15 is 0 Å². The van der Waals surface area contributed by atoms with Crippen LogP contribution in [0.1, 0.15) is 36.0 Å². The maximum atomic E-state index is 2.58. The van der Waals surface area contributed by atoms with E-state index in [9.17, 15) is 0 Å². The van der Waals surface area contributed by atoms with Crippen LogP contribution in [0.3, 0.4) is 0 Å². The van der Waals surface area contributed by atoms with Gasteiger partial charge in [-0.05, 0) is 42.5 Å². The van der Waals surface area contributed by atoms with E-state index in [0.29, 0.717) is 0 Å². The average molecular weight is 344 g/mol. The van der Waals surface area contributed by atoms with E-state index in [1.165, 1.54) is 42.4 Å². The monoisotopic (exact) mass is 343 g/mol. The summed E-state index contributed by atoms with van der Waals surface area (Å²) in [5.41, 5.74) is 4.25. The molecular weight excluding hydrogens is 314 g/mol. The highest BCUT2D eigenvalue weighted by molar-refractivity contribution is 5.17. The van der Waals surface area contributed by atoms with Gasteiger partial charge >= 0.3 is 0 Å². The van der Waals surface area contributed by atoms with Gasteiger partial charge in [-0.25, -0.2) is 0 Å². The molecule has 0 N–H and O–H groups in total. The summed E-state index contributed by atoms with van der Waals surface area (Å²) in [5, 5.41) is 0. The first-order valence-corrected chi connectivity index (χ1v) is 9.74. The van der Waals surface area contributed by atoms with Crippen LogP contribution < -0.4 is 0 Å². The van der Waals surface area contributed by atoms with Gasteiger partial charge in [-0.2, -0.15) is 0 Å². The third-order valence-corrected chi connectivity index (χ3v) is 4.78. The molecule has 134 valence electrons. The third kappa shape index (κ3) is 6.50.